The van der Waals surface area contributed by atoms with E-state index in [0.29, 0.717) is 0 Å². The van der Waals surface area contributed by atoms with Gasteiger partial charge in [-0.2, -0.15) is 0 Å². The fourth-order valence-corrected chi connectivity index (χ4v) is 2.81. The van der Waals surface area contributed by atoms with E-state index in [-0.39, 0.29) is 21.7 Å². The van der Waals surface area contributed by atoms with Gasteiger partial charge in [-0.15, -0.1) is 0 Å². The van der Waals surface area contributed by atoms with E-state index in [1.54, 1.807) is 0 Å². The van der Waals surface area contributed by atoms with Gasteiger partial charge in [0.25, 0.3) is 0 Å². The van der Waals surface area contributed by atoms with Crippen LogP contribution in [0.1, 0.15) is 69.2 Å². The van der Waals surface area contributed by atoms with Crippen molar-refractivity contribution in [2.24, 2.45) is 0 Å². The summed E-state index contributed by atoms with van der Waals surface area (Å²) in [5.74, 6) is 14.7. The minimum Gasteiger partial charge on any atom is -0.747 e. The van der Waals surface area contributed by atoms with E-state index < -0.39 is 0 Å². The molecule has 2 aliphatic rings. The van der Waals surface area contributed by atoms with Gasteiger partial charge in [-0.3, -0.25) is 0 Å². The van der Waals surface area contributed by atoms with Gasteiger partial charge in [-0.25, -0.2) is 0 Å². The molecule has 2 fully saturated rings. The molecule has 2 rings (SSSR count). The predicted octanol–water partition coefficient (Wildman–Crippen LogP) is 6.58. The topological polar surface area (TPSA) is 0 Å². The third kappa shape index (κ3) is 7.06. The van der Waals surface area contributed by atoms with Gasteiger partial charge >= 0.3 is 21.7 Å². The summed E-state index contributed by atoms with van der Waals surface area (Å²) in [6.07, 6.45) is 0. The van der Waals surface area contributed by atoms with Crippen molar-refractivity contribution in [1.82, 2.24) is 0 Å². The summed E-state index contributed by atoms with van der Waals surface area (Å²) < 4.78 is 0. The first-order chi connectivity index (χ1) is 10.5. The molecule has 0 saturated heterocycles. The molecular formula is C20H30S3Ti+2. The predicted molar refractivity (Wildman–Crippen MR) is 111 cm³/mol. The molecule has 0 unspecified atom stereocenters. The molecule has 130 valence electrons. The van der Waals surface area contributed by atoms with Crippen molar-refractivity contribution in [3.63, 3.8) is 0 Å². The van der Waals surface area contributed by atoms with Crippen molar-refractivity contribution in [3.8, 4) is 0 Å². The van der Waals surface area contributed by atoms with Gasteiger partial charge in [-0.1, -0.05) is 69.2 Å². The first-order valence-electron chi connectivity index (χ1n) is 7.83. The van der Waals surface area contributed by atoms with Gasteiger partial charge in [0.05, 0.1) is 0 Å². The molecule has 0 heterocycles. The summed E-state index contributed by atoms with van der Waals surface area (Å²) in [5, 5.41) is 0. The van der Waals surface area contributed by atoms with Crippen LogP contribution in [-0.2, 0) is 45.0 Å². The molecular weight excluding hydrogens is 384 g/mol. The van der Waals surface area contributed by atoms with E-state index in [4.69, 9.17) is 0 Å². The molecule has 10 radical (unpaired) electrons. The third-order valence-electron chi connectivity index (χ3n) is 5.62. The SMILES string of the molecule is C[C]1[C](C)[C](C)[C](C)[C]1C.C[C]1[C](C)[C](C)[C](C)[C]1C.[S-]S[S-].[Ti+4]. The van der Waals surface area contributed by atoms with Gasteiger partial charge in [-0.05, 0) is 59.2 Å². The summed E-state index contributed by atoms with van der Waals surface area (Å²) in [7, 11) is 0.917. The van der Waals surface area contributed by atoms with E-state index in [1.165, 1.54) is 59.2 Å². The third-order valence-corrected chi connectivity index (χ3v) is 5.62. The van der Waals surface area contributed by atoms with Crippen molar-refractivity contribution in [1.29, 1.82) is 0 Å². The molecule has 0 aromatic rings. The van der Waals surface area contributed by atoms with Crippen LogP contribution in [-0.4, -0.2) is 0 Å². The molecule has 2 saturated carbocycles. The molecule has 0 spiro atoms. The van der Waals surface area contributed by atoms with Crippen LogP contribution in [0.2, 0.25) is 0 Å². The summed E-state index contributed by atoms with van der Waals surface area (Å²) in [6, 6.07) is 0. The van der Waals surface area contributed by atoms with Crippen molar-refractivity contribution in [2.45, 2.75) is 69.2 Å². The van der Waals surface area contributed by atoms with E-state index in [1.807, 2.05) is 0 Å². The van der Waals surface area contributed by atoms with Crippen LogP contribution in [0.25, 0.3) is 0 Å². The van der Waals surface area contributed by atoms with E-state index in [2.05, 4.69) is 92.6 Å². The molecule has 0 amide bonds. The van der Waals surface area contributed by atoms with Gasteiger partial charge < -0.3 is 33.1 Å². The first kappa shape index (κ1) is 28.0. The average Bonchev–Trinajstić information content (AvgIpc) is 2.80. The largest absolute Gasteiger partial charge is 4.00 e. The van der Waals surface area contributed by atoms with Crippen molar-refractivity contribution < 1.29 is 21.7 Å². The Morgan fingerprint density at radius 2 is 0.417 bits per heavy atom. The number of hydrogen-bond acceptors (Lipinski definition) is 3. The Morgan fingerprint density at radius 3 is 0.458 bits per heavy atom. The minimum absolute atomic E-state index is 0. The maximum absolute atomic E-state index is 4.12. The standard InChI is InChI=1S/2C10H15.H2S3.Ti/c2*1-6-7(2)9(4)10(5)8(6)3;1-3-2;/h2*1-5H3;1-2H;/q;;;+4/p-2. The number of rotatable bonds is 0. The van der Waals surface area contributed by atoms with Gasteiger partial charge in [0, 0.05) is 0 Å². The second kappa shape index (κ2) is 13.0. The van der Waals surface area contributed by atoms with Gasteiger partial charge in [0.15, 0.2) is 0 Å². The van der Waals surface area contributed by atoms with Crippen LogP contribution < -0.4 is 0 Å². The molecule has 0 aliphatic heterocycles. The Kier molecular flexibility index (Phi) is 15.2. The fourth-order valence-electron chi connectivity index (χ4n) is 2.81. The summed E-state index contributed by atoms with van der Waals surface area (Å²) in [6.45, 7) is 22.0. The molecule has 24 heavy (non-hydrogen) atoms. The minimum atomic E-state index is 0. The smallest absolute Gasteiger partial charge is 0.747 e. The summed E-state index contributed by atoms with van der Waals surface area (Å²) in [5.41, 5.74) is 0. The van der Waals surface area contributed by atoms with Crippen LogP contribution in [0, 0.1) is 59.2 Å². The van der Waals surface area contributed by atoms with E-state index >= 15 is 0 Å². The van der Waals surface area contributed by atoms with Crippen molar-refractivity contribution >= 4 is 33.1 Å². The zero-order valence-corrected chi connectivity index (χ0v) is 20.7. The Hall–Kier alpha value is 1.76. The van der Waals surface area contributed by atoms with Crippen molar-refractivity contribution in [3.05, 3.63) is 59.2 Å². The molecule has 0 nitrogen and oxygen atoms in total. The molecule has 0 aromatic heterocycles. The molecule has 0 aromatic carbocycles. The van der Waals surface area contributed by atoms with Crippen LogP contribution in [0.15, 0.2) is 0 Å². The second-order valence-corrected chi connectivity index (χ2v) is 8.09. The average molecular weight is 415 g/mol. The van der Waals surface area contributed by atoms with Crippen molar-refractivity contribution in [2.75, 3.05) is 0 Å². The van der Waals surface area contributed by atoms with Crippen LogP contribution in [0.3, 0.4) is 0 Å². The molecule has 0 atom stereocenters. The molecule has 2 aliphatic carbocycles. The Balaban J connectivity index is 0. The van der Waals surface area contributed by atoms with Crippen LogP contribution in [0.5, 0.6) is 0 Å². The number of hydrogen-bond donors (Lipinski definition) is 0. The maximum Gasteiger partial charge on any atom is 4.00 e. The van der Waals surface area contributed by atoms with Crippen LogP contribution >= 0.6 is 9.83 Å². The van der Waals surface area contributed by atoms with Gasteiger partial charge in [0.2, 0.25) is 0 Å². The molecule has 0 N–H and O–H groups in total. The van der Waals surface area contributed by atoms with E-state index in [9.17, 15) is 0 Å². The Labute approximate surface area is 182 Å². The zero-order chi connectivity index (χ0) is 18.5. The Bertz CT molecular complexity index is 206. The van der Waals surface area contributed by atoms with E-state index in [0.717, 1.165) is 9.83 Å². The van der Waals surface area contributed by atoms with Gasteiger partial charge in [0.1, 0.15) is 0 Å². The fraction of sp³-hybridized carbons (Fsp3) is 0.500. The quantitative estimate of drug-likeness (QED) is 0.249. The normalized spacial score (nSPS) is 24.5. The molecule has 0 bridgehead atoms. The first-order valence-corrected chi connectivity index (χ1v) is 10.5. The maximum atomic E-state index is 4.12. The van der Waals surface area contributed by atoms with Crippen LogP contribution in [0.4, 0.5) is 0 Å². The molecule has 4 heteroatoms. The second-order valence-electron chi connectivity index (χ2n) is 6.32. The zero-order valence-electron chi connectivity index (χ0n) is 16.7. The summed E-state index contributed by atoms with van der Waals surface area (Å²) >= 11 is 8.25. The summed E-state index contributed by atoms with van der Waals surface area (Å²) in [4.78, 5) is 0. The monoisotopic (exact) mass is 414 g/mol. The Morgan fingerprint density at radius 1 is 0.375 bits per heavy atom.